The molecular formula is C10H20O10. The zero-order valence-corrected chi connectivity index (χ0v) is 10.4. The molecule has 0 fully saturated rings. The van der Waals surface area contributed by atoms with Gasteiger partial charge in [-0.2, -0.15) is 0 Å². The highest BCUT2D eigenvalue weighted by atomic mass is 16.4. The zero-order chi connectivity index (χ0) is 16.3. The Balaban J connectivity index is 0. The Morgan fingerprint density at radius 3 is 1.05 bits per heavy atom. The lowest BCUT2D eigenvalue weighted by atomic mass is 10.1. The summed E-state index contributed by atoms with van der Waals surface area (Å²) in [5.41, 5.74) is 0. The smallest absolute Gasteiger partial charge is 0.151 e. The van der Waals surface area contributed by atoms with Crippen LogP contribution >= 0.6 is 0 Å². The molecule has 0 unspecified atom stereocenters. The SMILES string of the molecule is O=C[C@@H](O)[C@H](O)[C@@H](O)CO.O=C[C@H](O)[C@@H](O)[C@@H](O)CO. The van der Waals surface area contributed by atoms with Gasteiger partial charge in [-0.25, -0.2) is 0 Å². The van der Waals surface area contributed by atoms with Crippen molar-refractivity contribution in [2.75, 3.05) is 13.2 Å². The fraction of sp³-hybridized carbons (Fsp3) is 0.800. The summed E-state index contributed by atoms with van der Waals surface area (Å²) in [5, 5.41) is 68.1. The molecule has 8 N–H and O–H groups in total. The van der Waals surface area contributed by atoms with E-state index in [0.717, 1.165) is 0 Å². The second-order valence-electron chi connectivity index (χ2n) is 3.73. The van der Waals surface area contributed by atoms with E-state index in [0.29, 0.717) is 0 Å². The molecule has 0 amide bonds. The molecule has 10 heteroatoms. The van der Waals surface area contributed by atoms with Crippen LogP contribution in [-0.2, 0) is 9.59 Å². The molecule has 0 aromatic rings. The second kappa shape index (κ2) is 11.8. The molecule has 0 aliphatic heterocycles. The van der Waals surface area contributed by atoms with E-state index in [1.807, 2.05) is 0 Å². The van der Waals surface area contributed by atoms with Crippen LogP contribution in [0.4, 0.5) is 0 Å². The van der Waals surface area contributed by atoms with Gasteiger partial charge in [0.05, 0.1) is 13.2 Å². The van der Waals surface area contributed by atoms with Crippen molar-refractivity contribution in [3.05, 3.63) is 0 Å². The van der Waals surface area contributed by atoms with Crippen molar-refractivity contribution in [1.82, 2.24) is 0 Å². The topological polar surface area (TPSA) is 196 Å². The van der Waals surface area contributed by atoms with Crippen LogP contribution in [0, 0.1) is 0 Å². The fourth-order valence-corrected chi connectivity index (χ4v) is 0.832. The normalized spacial score (nSPS) is 19.6. The number of carbonyl (C=O) groups is 2. The molecule has 120 valence electrons. The molecule has 0 spiro atoms. The first-order valence-electron chi connectivity index (χ1n) is 5.47. The molecule has 0 bridgehead atoms. The van der Waals surface area contributed by atoms with Crippen LogP contribution in [-0.4, -0.2) is 103 Å². The molecule has 20 heavy (non-hydrogen) atoms. The van der Waals surface area contributed by atoms with Crippen molar-refractivity contribution in [1.29, 1.82) is 0 Å². The van der Waals surface area contributed by atoms with Crippen molar-refractivity contribution in [2.45, 2.75) is 36.6 Å². The Morgan fingerprint density at radius 1 is 0.650 bits per heavy atom. The Morgan fingerprint density at radius 2 is 0.900 bits per heavy atom. The molecule has 0 saturated carbocycles. The van der Waals surface area contributed by atoms with Gasteiger partial charge in [0.1, 0.15) is 36.6 Å². The van der Waals surface area contributed by atoms with E-state index in [9.17, 15) is 9.59 Å². The van der Waals surface area contributed by atoms with Gasteiger partial charge >= 0.3 is 0 Å². The fourth-order valence-electron chi connectivity index (χ4n) is 0.832. The van der Waals surface area contributed by atoms with Gasteiger partial charge in [-0.3, -0.25) is 0 Å². The Kier molecular flexibility index (Phi) is 12.6. The Bertz CT molecular complexity index is 234. The van der Waals surface area contributed by atoms with Gasteiger partial charge in [0, 0.05) is 0 Å². The first kappa shape index (κ1) is 21.3. The van der Waals surface area contributed by atoms with E-state index in [-0.39, 0.29) is 12.6 Å². The average molecular weight is 300 g/mol. The molecule has 0 aliphatic carbocycles. The molecule has 0 heterocycles. The maximum Gasteiger partial charge on any atom is 0.151 e. The van der Waals surface area contributed by atoms with Gasteiger partial charge in [0.15, 0.2) is 12.6 Å². The standard InChI is InChI=1S/2C5H10O5/c2*6-1-3(8)5(10)4(9)2-7/h2*1,3-5,7-10H,2H2/t3-,4+,5+;3-,4-,5+/m10/s1. The number of aldehydes is 2. The van der Waals surface area contributed by atoms with Gasteiger partial charge in [-0.05, 0) is 0 Å². The molecule has 0 saturated heterocycles. The van der Waals surface area contributed by atoms with Crippen LogP contribution in [0.15, 0.2) is 0 Å². The summed E-state index contributed by atoms with van der Waals surface area (Å²) in [6.45, 7) is -1.38. The first-order valence-corrected chi connectivity index (χ1v) is 5.47. The average Bonchev–Trinajstić information content (AvgIpc) is 2.50. The molecule has 0 aliphatic rings. The second-order valence-corrected chi connectivity index (χ2v) is 3.73. The number of aliphatic hydroxyl groups is 8. The molecule has 0 aromatic heterocycles. The quantitative estimate of drug-likeness (QED) is 0.200. The summed E-state index contributed by atoms with van der Waals surface area (Å²) in [5.74, 6) is 0. The van der Waals surface area contributed by atoms with Gasteiger partial charge in [-0.15, -0.1) is 0 Å². The minimum atomic E-state index is -1.64. The lowest BCUT2D eigenvalue weighted by Gasteiger charge is -2.16. The van der Waals surface area contributed by atoms with Crippen LogP contribution in [0.2, 0.25) is 0 Å². The monoisotopic (exact) mass is 300 g/mol. The van der Waals surface area contributed by atoms with E-state index >= 15 is 0 Å². The summed E-state index contributed by atoms with van der Waals surface area (Å²) in [6.07, 6.45) is -9.26. The highest BCUT2D eigenvalue weighted by Gasteiger charge is 2.23. The Labute approximate surface area is 114 Å². The highest BCUT2D eigenvalue weighted by Crippen LogP contribution is 1.97. The van der Waals surface area contributed by atoms with E-state index in [2.05, 4.69) is 0 Å². The van der Waals surface area contributed by atoms with E-state index in [1.165, 1.54) is 0 Å². The number of aliphatic hydroxyl groups excluding tert-OH is 8. The van der Waals surface area contributed by atoms with Crippen molar-refractivity contribution in [3.63, 3.8) is 0 Å². The van der Waals surface area contributed by atoms with E-state index in [4.69, 9.17) is 40.9 Å². The summed E-state index contributed by atoms with van der Waals surface area (Å²) in [7, 11) is 0. The van der Waals surface area contributed by atoms with Gasteiger partial charge < -0.3 is 50.4 Å². The minimum Gasteiger partial charge on any atom is -0.394 e. The van der Waals surface area contributed by atoms with Crippen LogP contribution < -0.4 is 0 Å². The lowest BCUT2D eigenvalue weighted by molar-refractivity contribution is -0.128. The first-order chi connectivity index (χ1) is 9.26. The lowest BCUT2D eigenvalue weighted by Crippen LogP contribution is -2.40. The van der Waals surface area contributed by atoms with Gasteiger partial charge in [-0.1, -0.05) is 0 Å². The summed E-state index contributed by atoms with van der Waals surface area (Å²) in [4.78, 5) is 19.5. The molecular weight excluding hydrogens is 280 g/mol. The van der Waals surface area contributed by atoms with Crippen LogP contribution in [0.3, 0.4) is 0 Å². The predicted octanol–water partition coefficient (Wildman–Crippen LogP) is -5.48. The number of rotatable bonds is 8. The van der Waals surface area contributed by atoms with Crippen LogP contribution in [0.1, 0.15) is 0 Å². The van der Waals surface area contributed by atoms with Crippen LogP contribution in [0.5, 0.6) is 0 Å². The van der Waals surface area contributed by atoms with Crippen molar-refractivity contribution in [3.8, 4) is 0 Å². The molecule has 0 rings (SSSR count). The third kappa shape index (κ3) is 8.24. The third-order valence-electron chi connectivity index (χ3n) is 2.14. The van der Waals surface area contributed by atoms with Crippen molar-refractivity contribution >= 4 is 12.6 Å². The van der Waals surface area contributed by atoms with Gasteiger partial charge in [0.25, 0.3) is 0 Å². The largest absolute Gasteiger partial charge is 0.394 e. The van der Waals surface area contributed by atoms with E-state index < -0.39 is 49.8 Å². The number of hydrogen-bond acceptors (Lipinski definition) is 10. The van der Waals surface area contributed by atoms with Crippen molar-refractivity contribution < 1.29 is 50.4 Å². The maximum absolute atomic E-state index is 9.76. The molecule has 0 radical (unpaired) electrons. The third-order valence-corrected chi connectivity index (χ3v) is 2.14. The summed E-state index contributed by atoms with van der Waals surface area (Å²) in [6, 6.07) is 0. The zero-order valence-electron chi connectivity index (χ0n) is 10.4. The van der Waals surface area contributed by atoms with Gasteiger partial charge in [0.2, 0.25) is 0 Å². The number of hydrogen-bond donors (Lipinski definition) is 8. The molecule has 0 aromatic carbocycles. The predicted molar refractivity (Wildman–Crippen MR) is 62.3 cm³/mol. The van der Waals surface area contributed by atoms with E-state index in [1.54, 1.807) is 0 Å². The highest BCUT2D eigenvalue weighted by molar-refractivity contribution is 5.57. The number of carbonyl (C=O) groups excluding carboxylic acids is 2. The molecule has 6 atom stereocenters. The summed E-state index contributed by atoms with van der Waals surface area (Å²) < 4.78 is 0. The Hall–Kier alpha value is -0.980. The maximum atomic E-state index is 9.76. The minimum absolute atomic E-state index is 0.0869. The van der Waals surface area contributed by atoms with Crippen LogP contribution in [0.25, 0.3) is 0 Å². The van der Waals surface area contributed by atoms with Crippen molar-refractivity contribution in [2.24, 2.45) is 0 Å². The summed E-state index contributed by atoms with van der Waals surface area (Å²) >= 11 is 0. The molecule has 10 nitrogen and oxygen atoms in total.